The number of aryl methyl sites for hydroxylation is 1. The number of fused-ring (bicyclic) bond motifs is 3. The van der Waals surface area contributed by atoms with Crippen LogP contribution in [0.4, 0.5) is 10.7 Å². The number of rotatable bonds is 6. The monoisotopic (exact) mass is 410 g/mol. The lowest BCUT2D eigenvalue weighted by Gasteiger charge is -2.33. The summed E-state index contributed by atoms with van der Waals surface area (Å²) in [5, 5.41) is 0. The van der Waals surface area contributed by atoms with E-state index in [1.807, 2.05) is 53.4 Å². The lowest BCUT2D eigenvalue weighted by molar-refractivity contribution is -0.676. The van der Waals surface area contributed by atoms with Gasteiger partial charge in [-0.15, -0.1) is 0 Å². The van der Waals surface area contributed by atoms with E-state index >= 15 is 0 Å². The molecule has 1 fully saturated rings. The van der Waals surface area contributed by atoms with Crippen molar-refractivity contribution < 1.29 is 18.9 Å². The highest BCUT2D eigenvalue weighted by Gasteiger charge is 2.53. The number of carbonyl (C=O) groups is 2. The van der Waals surface area contributed by atoms with Crippen molar-refractivity contribution in [1.82, 2.24) is 14.4 Å². The molecule has 2 aliphatic rings. The maximum atomic E-state index is 13.3. The van der Waals surface area contributed by atoms with Crippen LogP contribution in [0.3, 0.4) is 0 Å². The quantitative estimate of drug-likeness (QED) is 0.688. The summed E-state index contributed by atoms with van der Waals surface area (Å²) in [6.45, 7) is 9.03. The summed E-state index contributed by atoms with van der Waals surface area (Å²) in [6, 6.07) is 6.80. The molecular formula is C22H28N5O3+. The SMILES string of the molecule is CCOc1ccccc1-n1c(C)c[n+]2c1N=C1C2C(=O)N(CCC(C)C)C(=O)N1C. The zero-order chi connectivity index (χ0) is 21.6. The number of imide groups is 1. The summed E-state index contributed by atoms with van der Waals surface area (Å²) in [4.78, 5) is 33.7. The maximum absolute atomic E-state index is 13.3. The van der Waals surface area contributed by atoms with Crippen molar-refractivity contribution in [1.29, 1.82) is 0 Å². The molecule has 0 bridgehead atoms. The summed E-state index contributed by atoms with van der Waals surface area (Å²) in [5.74, 6) is 1.99. The van der Waals surface area contributed by atoms with E-state index in [1.165, 1.54) is 9.80 Å². The van der Waals surface area contributed by atoms with Gasteiger partial charge in [-0.3, -0.25) is 14.6 Å². The topological polar surface area (TPSA) is 71.0 Å². The van der Waals surface area contributed by atoms with Crippen molar-refractivity contribution in [2.24, 2.45) is 10.9 Å². The van der Waals surface area contributed by atoms with E-state index in [-0.39, 0.29) is 11.9 Å². The molecule has 158 valence electrons. The smallest absolute Gasteiger partial charge is 0.407 e. The molecule has 4 rings (SSSR count). The van der Waals surface area contributed by atoms with Gasteiger partial charge in [0, 0.05) is 13.6 Å². The first-order chi connectivity index (χ1) is 14.3. The van der Waals surface area contributed by atoms with Crippen LogP contribution in [-0.2, 0) is 4.79 Å². The molecule has 1 atom stereocenters. The molecule has 2 aliphatic heterocycles. The Kier molecular flexibility index (Phi) is 5.09. The van der Waals surface area contributed by atoms with Gasteiger partial charge in [-0.2, -0.15) is 4.57 Å². The minimum absolute atomic E-state index is 0.225. The summed E-state index contributed by atoms with van der Waals surface area (Å²) in [7, 11) is 1.68. The Labute approximate surface area is 176 Å². The summed E-state index contributed by atoms with van der Waals surface area (Å²) >= 11 is 0. The fourth-order valence-electron chi connectivity index (χ4n) is 3.99. The first-order valence-electron chi connectivity index (χ1n) is 10.4. The fourth-order valence-corrected chi connectivity index (χ4v) is 3.99. The van der Waals surface area contributed by atoms with E-state index in [2.05, 4.69) is 13.8 Å². The number of para-hydroxylation sites is 2. The first kappa shape index (κ1) is 20.1. The van der Waals surface area contributed by atoms with Gasteiger partial charge in [-0.05, 0) is 38.3 Å². The van der Waals surface area contributed by atoms with Crippen molar-refractivity contribution in [3.8, 4) is 11.4 Å². The highest BCUT2D eigenvalue weighted by molar-refractivity contribution is 6.19. The molecule has 1 aromatic heterocycles. The zero-order valence-corrected chi connectivity index (χ0v) is 18.1. The van der Waals surface area contributed by atoms with Gasteiger partial charge in [0.2, 0.25) is 11.9 Å². The van der Waals surface area contributed by atoms with Crippen LogP contribution in [0.1, 0.15) is 38.9 Å². The van der Waals surface area contributed by atoms with Crippen LogP contribution in [0.15, 0.2) is 35.5 Å². The molecule has 0 N–H and O–H groups in total. The third kappa shape index (κ3) is 3.07. The first-order valence-corrected chi connectivity index (χ1v) is 10.4. The second kappa shape index (κ2) is 7.59. The van der Waals surface area contributed by atoms with Crippen molar-refractivity contribution >= 4 is 23.7 Å². The Balaban J connectivity index is 1.79. The summed E-state index contributed by atoms with van der Waals surface area (Å²) in [5.41, 5.74) is 1.78. The average molecular weight is 410 g/mol. The second-order valence-electron chi connectivity index (χ2n) is 8.10. The number of hydrogen-bond donors (Lipinski definition) is 0. The number of nitrogens with zero attached hydrogens (tertiary/aromatic N) is 5. The second-order valence-corrected chi connectivity index (χ2v) is 8.10. The number of ether oxygens (including phenoxy) is 1. The van der Waals surface area contributed by atoms with Crippen LogP contribution < -0.4 is 9.30 Å². The number of urea groups is 1. The third-order valence-electron chi connectivity index (χ3n) is 5.54. The number of carbonyl (C=O) groups excluding carboxylic acids is 2. The largest absolute Gasteiger partial charge is 0.490 e. The minimum atomic E-state index is -0.630. The average Bonchev–Trinajstić information content (AvgIpc) is 3.21. The Morgan fingerprint density at radius 3 is 2.67 bits per heavy atom. The van der Waals surface area contributed by atoms with Crippen LogP contribution >= 0.6 is 0 Å². The molecule has 0 saturated carbocycles. The minimum Gasteiger partial charge on any atom is -0.490 e. The molecule has 1 saturated heterocycles. The van der Waals surface area contributed by atoms with Crippen molar-refractivity contribution in [3.05, 3.63) is 36.2 Å². The highest BCUT2D eigenvalue weighted by atomic mass is 16.5. The van der Waals surface area contributed by atoms with Gasteiger partial charge in [0.1, 0.15) is 17.6 Å². The fraction of sp³-hybridized carbons (Fsp3) is 0.455. The standard InChI is InChI=1S/C22H28N5O3/c1-6-30-17-10-8-7-9-16(17)27-15(4)13-26-18-19(23-21(26)27)24(5)22(29)25(20(18)28)12-11-14(2)3/h7-10,13-14,18H,6,11-12H2,1-5H3/q+1. The Bertz CT molecular complexity index is 1040. The van der Waals surface area contributed by atoms with Crippen molar-refractivity contribution in [2.75, 3.05) is 20.2 Å². The lowest BCUT2D eigenvalue weighted by atomic mass is 10.1. The molecular weight excluding hydrogens is 382 g/mol. The molecule has 2 aromatic rings. The van der Waals surface area contributed by atoms with E-state index in [9.17, 15) is 9.59 Å². The van der Waals surface area contributed by atoms with Gasteiger partial charge in [0.05, 0.1) is 6.61 Å². The van der Waals surface area contributed by atoms with Gasteiger partial charge in [-0.1, -0.05) is 31.0 Å². The van der Waals surface area contributed by atoms with E-state index in [0.717, 1.165) is 23.6 Å². The summed E-state index contributed by atoms with van der Waals surface area (Å²) < 4.78 is 9.64. The molecule has 30 heavy (non-hydrogen) atoms. The number of aromatic nitrogens is 2. The van der Waals surface area contributed by atoms with Crippen molar-refractivity contribution in [3.63, 3.8) is 0 Å². The van der Waals surface area contributed by atoms with E-state index in [1.54, 1.807) is 7.05 Å². The highest BCUT2D eigenvalue weighted by Crippen LogP contribution is 2.34. The van der Waals surface area contributed by atoms with Crippen LogP contribution in [0.25, 0.3) is 5.69 Å². The number of hydrogen-bond acceptors (Lipinski definition) is 4. The van der Waals surface area contributed by atoms with E-state index < -0.39 is 6.04 Å². The van der Waals surface area contributed by atoms with E-state index in [0.29, 0.717) is 30.9 Å². The number of benzene rings is 1. The number of amides is 3. The molecule has 0 aliphatic carbocycles. The predicted octanol–water partition coefficient (Wildman–Crippen LogP) is 3.00. The van der Waals surface area contributed by atoms with Gasteiger partial charge in [-0.25, -0.2) is 9.36 Å². The van der Waals surface area contributed by atoms with E-state index in [4.69, 9.17) is 9.73 Å². The molecule has 0 spiro atoms. The van der Waals surface area contributed by atoms with Crippen LogP contribution in [0, 0.1) is 12.8 Å². The molecule has 3 amide bonds. The molecule has 0 radical (unpaired) electrons. The van der Waals surface area contributed by atoms with Crippen LogP contribution in [-0.4, -0.2) is 52.3 Å². The number of aliphatic imine (C=N–C) groups is 1. The Morgan fingerprint density at radius 1 is 1.23 bits per heavy atom. The maximum Gasteiger partial charge on any atom is 0.407 e. The molecule has 1 aromatic carbocycles. The van der Waals surface area contributed by atoms with Crippen LogP contribution in [0.2, 0.25) is 0 Å². The van der Waals surface area contributed by atoms with Gasteiger partial charge in [0.25, 0.3) is 5.91 Å². The molecule has 1 unspecified atom stereocenters. The van der Waals surface area contributed by atoms with Crippen LogP contribution in [0.5, 0.6) is 5.75 Å². The number of imidazole rings is 1. The Hall–Kier alpha value is -3.16. The van der Waals surface area contributed by atoms with Gasteiger partial charge in [0.15, 0.2) is 5.75 Å². The molecule has 3 heterocycles. The zero-order valence-electron chi connectivity index (χ0n) is 18.1. The predicted molar refractivity (Wildman–Crippen MR) is 112 cm³/mol. The third-order valence-corrected chi connectivity index (χ3v) is 5.54. The number of likely N-dealkylation sites (N-methyl/N-ethyl adjacent to an activating group) is 1. The normalized spacial score (nSPS) is 18.1. The summed E-state index contributed by atoms with van der Waals surface area (Å²) in [6.07, 6.45) is 2.69. The van der Waals surface area contributed by atoms with Crippen molar-refractivity contribution in [2.45, 2.75) is 40.2 Å². The molecule has 8 heteroatoms. The van der Waals surface area contributed by atoms with Gasteiger partial charge < -0.3 is 4.74 Å². The molecule has 8 nitrogen and oxygen atoms in total. The lowest BCUT2D eigenvalue weighted by Crippen LogP contribution is -2.62. The Morgan fingerprint density at radius 2 is 1.97 bits per heavy atom. The van der Waals surface area contributed by atoms with Gasteiger partial charge >= 0.3 is 12.0 Å². The number of amidine groups is 1.